The van der Waals surface area contributed by atoms with Crippen molar-refractivity contribution in [3.8, 4) is 11.8 Å². The number of carbonyl (C=O) groups is 1. The maximum Gasteiger partial charge on any atom is 0.184 e. The molecule has 1 atom stereocenters. The number of carbonyl (C=O) groups excluding carboxylic acids is 1. The number of benzene rings is 2. The molecular formula is C16H11Br2NO2. The van der Waals surface area contributed by atoms with Gasteiger partial charge in [0, 0.05) is 14.5 Å². The fourth-order valence-corrected chi connectivity index (χ4v) is 3.24. The van der Waals surface area contributed by atoms with E-state index in [4.69, 9.17) is 4.74 Å². The minimum absolute atomic E-state index is 0.232. The van der Waals surface area contributed by atoms with Crippen LogP contribution in [-0.4, -0.2) is 12.9 Å². The molecule has 0 aliphatic carbocycles. The molecule has 0 N–H and O–H groups in total. The number of methoxy groups -OCH3 is 1. The first-order valence-corrected chi connectivity index (χ1v) is 7.67. The molecule has 21 heavy (non-hydrogen) atoms. The van der Waals surface area contributed by atoms with E-state index in [0.29, 0.717) is 16.9 Å². The van der Waals surface area contributed by atoms with Crippen LogP contribution in [0, 0.1) is 11.3 Å². The van der Waals surface area contributed by atoms with Crippen molar-refractivity contribution in [2.24, 2.45) is 0 Å². The Kier molecular flexibility index (Phi) is 5.16. The lowest BCUT2D eigenvalue weighted by molar-refractivity contribution is 0.0978. The number of Topliss-reactive ketones (excluding diaryl/α,β-unsaturated/α-hetero) is 1. The van der Waals surface area contributed by atoms with Gasteiger partial charge in [0.2, 0.25) is 0 Å². The van der Waals surface area contributed by atoms with E-state index in [1.807, 2.05) is 6.07 Å². The maximum absolute atomic E-state index is 12.5. The lowest BCUT2D eigenvalue weighted by atomic mass is 9.92. The van der Waals surface area contributed by atoms with E-state index in [9.17, 15) is 10.1 Å². The third-order valence-corrected chi connectivity index (χ3v) is 3.90. The summed E-state index contributed by atoms with van der Waals surface area (Å²) in [6, 6.07) is 14.3. The van der Waals surface area contributed by atoms with Gasteiger partial charge in [-0.2, -0.15) is 5.26 Å². The molecule has 106 valence electrons. The Labute approximate surface area is 139 Å². The highest BCUT2D eigenvalue weighted by molar-refractivity contribution is 9.11. The average Bonchev–Trinajstić information content (AvgIpc) is 2.47. The smallest absolute Gasteiger partial charge is 0.184 e. The van der Waals surface area contributed by atoms with Gasteiger partial charge in [0.05, 0.1) is 13.2 Å². The molecule has 0 heterocycles. The summed E-state index contributed by atoms with van der Waals surface area (Å²) in [7, 11) is 1.57. The lowest BCUT2D eigenvalue weighted by Crippen LogP contribution is -2.11. The zero-order valence-corrected chi connectivity index (χ0v) is 14.3. The molecule has 0 fully saturated rings. The van der Waals surface area contributed by atoms with Gasteiger partial charge >= 0.3 is 0 Å². The standard InChI is InChI=1S/C16H11Br2NO2/c1-21-14-4-2-10(3-5-14)15(9-19)16(20)11-6-12(17)8-13(18)7-11/h2-8,15H,1H3. The minimum atomic E-state index is -0.836. The number of nitriles is 1. The molecule has 2 aromatic rings. The van der Waals surface area contributed by atoms with Crippen LogP contribution in [0.1, 0.15) is 21.8 Å². The van der Waals surface area contributed by atoms with Crippen molar-refractivity contribution < 1.29 is 9.53 Å². The third-order valence-electron chi connectivity index (χ3n) is 2.99. The van der Waals surface area contributed by atoms with Gasteiger partial charge in [-0.1, -0.05) is 44.0 Å². The SMILES string of the molecule is COc1ccc(C(C#N)C(=O)c2cc(Br)cc(Br)c2)cc1. The van der Waals surface area contributed by atoms with Gasteiger partial charge in [-0.3, -0.25) is 4.79 Å². The molecular weight excluding hydrogens is 398 g/mol. The Bertz CT molecular complexity index is 685. The number of halogens is 2. The highest BCUT2D eigenvalue weighted by atomic mass is 79.9. The lowest BCUT2D eigenvalue weighted by Gasteiger charge is -2.10. The first-order chi connectivity index (χ1) is 10.0. The van der Waals surface area contributed by atoms with Crippen LogP contribution in [0.15, 0.2) is 51.4 Å². The number of ether oxygens (including phenoxy) is 1. The fraction of sp³-hybridized carbons (Fsp3) is 0.125. The summed E-state index contributed by atoms with van der Waals surface area (Å²) in [5, 5.41) is 9.35. The summed E-state index contributed by atoms with van der Waals surface area (Å²) in [6.07, 6.45) is 0. The topological polar surface area (TPSA) is 50.1 Å². The predicted molar refractivity (Wildman–Crippen MR) is 87.5 cm³/mol. The van der Waals surface area contributed by atoms with Crippen LogP contribution in [-0.2, 0) is 0 Å². The average molecular weight is 409 g/mol. The summed E-state index contributed by atoms with van der Waals surface area (Å²) < 4.78 is 6.65. The number of hydrogen-bond donors (Lipinski definition) is 0. The van der Waals surface area contributed by atoms with E-state index in [-0.39, 0.29) is 5.78 Å². The molecule has 0 aliphatic heterocycles. The van der Waals surface area contributed by atoms with Gasteiger partial charge < -0.3 is 4.74 Å². The molecule has 2 aromatic carbocycles. The molecule has 1 unspecified atom stereocenters. The van der Waals surface area contributed by atoms with E-state index >= 15 is 0 Å². The van der Waals surface area contributed by atoms with Crippen LogP contribution in [0.25, 0.3) is 0 Å². The van der Waals surface area contributed by atoms with E-state index in [0.717, 1.165) is 8.95 Å². The quantitative estimate of drug-likeness (QED) is 0.688. The number of rotatable bonds is 4. The van der Waals surface area contributed by atoms with Crippen LogP contribution in [0.5, 0.6) is 5.75 Å². The molecule has 0 saturated heterocycles. The first-order valence-electron chi connectivity index (χ1n) is 6.09. The van der Waals surface area contributed by atoms with Crippen LogP contribution < -0.4 is 4.74 Å². The monoisotopic (exact) mass is 407 g/mol. The molecule has 0 bridgehead atoms. The van der Waals surface area contributed by atoms with Crippen LogP contribution in [0.2, 0.25) is 0 Å². The molecule has 0 spiro atoms. The van der Waals surface area contributed by atoms with Gasteiger partial charge in [-0.15, -0.1) is 0 Å². The molecule has 2 rings (SSSR count). The zero-order chi connectivity index (χ0) is 15.4. The van der Waals surface area contributed by atoms with Crippen LogP contribution >= 0.6 is 31.9 Å². The highest BCUT2D eigenvalue weighted by Gasteiger charge is 2.22. The van der Waals surface area contributed by atoms with Crippen LogP contribution in [0.4, 0.5) is 0 Å². The normalized spacial score (nSPS) is 11.5. The van der Waals surface area contributed by atoms with Crippen molar-refractivity contribution in [3.63, 3.8) is 0 Å². The van der Waals surface area contributed by atoms with Crippen molar-refractivity contribution in [2.45, 2.75) is 5.92 Å². The minimum Gasteiger partial charge on any atom is -0.497 e. The van der Waals surface area contributed by atoms with Gasteiger partial charge in [-0.25, -0.2) is 0 Å². The predicted octanol–water partition coefficient (Wildman–Crippen LogP) is 4.71. The van der Waals surface area contributed by atoms with Crippen molar-refractivity contribution >= 4 is 37.6 Å². The molecule has 0 aromatic heterocycles. The maximum atomic E-state index is 12.5. The first kappa shape index (κ1) is 15.7. The van der Waals surface area contributed by atoms with E-state index in [1.54, 1.807) is 43.5 Å². The Morgan fingerprint density at radius 2 is 1.71 bits per heavy atom. The van der Waals surface area contributed by atoms with E-state index in [1.165, 1.54) is 0 Å². The highest BCUT2D eigenvalue weighted by Crippen LogP contribution is 2.26. The molecule has 0 aliphatic rings. The van der Waals surface area contributed by atoms with Crippen molar-refractivity contribution in [1.29, 1.82) is 5.26 Å². The molecule has 5 heteroatoms. The third kappa shape index (κ3) is 3.72. The van der Waals surface area contributed by atoms with Crippen molar-refractivity contribution in [3.05, 3.63) is 62.5 Å². The van der Waals surface area contributed by atoms with Crippen LogP contribution in [0.3, 0.4) is 0 Å². The number of ketones is 1. The number of hydrogen-bond acceptors (Lipinski definition) is 3. The summed E-state index contributed by atoms with van der Waals surface area (Å²) in [5.41, 5.74) is 1.14. The second-order valence-corrected chi connectivity index (χ2v) is 6.19. The summed E-state index contributed by atoms with van der Waals surface area (Å²) >= 11 is 6.69. The number of nitrogens with zero attached hydrogens (tertiary/aromatic N) is 1. The Hall–Kier alpha value is -1.64. The summed E-state index contributed by atoms with van der Waals surface area (Å²) in [5.74, 6) is -0.380. The second-order valence-electron chi connectivity index (χ2n) is 4.36. The fourth-order valence-electron chi connectivity index (χ4n) is 1.94. The molecule has 0 amide bonds. The van der Waals surface area contributed by atoms with Gasteiger partial charge in [-0.05, 0) is 35.9 Å². The largest absolute Gasteiger partial charge is 0.497 e. The van der Waals surface area contributed by atoms with Crippen molar-refractivity contribution in [2.75, 3.05) is 7.11 Å². The van der Waals surface area contributed by atoms with Gasteiger partial charge in [0.15, 0.2) is 5.78 Å². The zero-order valence-electron chi connectivity index (χ0n) is 11.1. The second kappa shape index (κ2) is 6.88. The Morgan fingerprint density at radius 3 is 2.19 bits per heavy atom. The molecule has 0 radical (unpaired) electrons. The van der Waals surface area contributed by atoms with Gasteiger partial charge in [0.25, 0.3) is 0 Å². The Balaban J connectivity index is 2.36. The van der Waals surface area contributed by atoms with E-state index in [2.05, 4.69) is 37.9 Å². The van der Waals surface area contributed by atoms with Crippen molar-refractivity contribution in [1.82, 2.24) is 0 Å². The van der Waals surface area contributed by atoms with E-state index < -0.39 is 5.92 Å². The Morgan fingerprint density at radius 1 is 1.14 bits per heavy atom. The summed E-state index contributed by atoms with van der Waals surface area (Å²) in [6.45, 7) is 0. The van der Waals surface area contributed by atoms with Gasteiger partial charge in [0.1, 0.15) is 11.7 Å². The molecule has 0 saturated carbocycles. The summed E-state index contributed by atoms with van der Waals surface area (Å²) in [4.78, 5) is 12.5. The molecule has 3 nitrogen and oxygen atoms in total.